The lowest BCUT2D eigenvalue weighted by Gasteiger charge is -2.34. The number of rotatable bonds is 7. The summed E-state index contributed by atoms with van der Waals surface area (Å²) in [5.74, 6) is 0.932. The van der Waals surface area contributed by atoms with Gasteiger partial charge in [0.1, 0.15) is 11.6 Å². The van der Waals surface area contributed by atoms with E-state index in [1.165, 1.54) is 6.07 Å². The fourth-order valence-corrected chi connectivity index (χ4v) is 3.63. The summed E-state index contributed by atoms with van der Waals surface area (Å²) in [4.78, 5) is 25.6. The summed E-state index contributed by atoms with van der Waals surface area (Å²) in [6.07, 6.45) is 8.40. The molecular formula is C21H27FN4O. The molecule has 27 heavy (non-hydrogen) atoms. The SMILES string of the molecule is CCCN(CCc1cccc(F)c1)C(=O)C1CCN(c2cnccn2)CC1. The van der Waals surface area contributed by atoms with Crippen molar-refractivity contribution in [3.63, 3.8) is 0 Å². The molecule has 1 aromatic heterocycles. The summed E-state index contributed by atoms with van der Waals surface area (Å²) in [5.41, 5.74) is 0.932. The van der Waals surface area contributed by atoms with Crippen molar-refractivity contribution in [3.8, 4) is 0 Å². The quantitative estimate of drug-likeness (QED) is 0.750. The molecule has 0 aliphatic carbocycles. The largest absolute Gasteiger partial charge is 0.355 e. The van der Waals surface area contributed by atoms with Gasteiger partial charge in [-0.25, -0.2) is 9.37 Å². The van der Waals surface area contributed by atoms with Crippen LogP contribution in [0.25, 0.3) is 0 Å². The molecule has 0 N–H and O–H groups in total. The standard InChI is InChI=1S/C21H27FN4O/c1-2-11-26(12-6-17-4-3-5-19(22)15-17)21(27)18-7-13-25(14-8-18)20-16-23-9-10-24-20/h3-5,9-10,15-16,18H,2,6-8,11-14H2,1H3. The Balaban J connectivity index is 1.55. The molecule has 0 unspecified atom stereocenters. The Morgan fingerprint density at radius 3 is 2.74 bits per heavy atom. The predicted octanol–water partition coefficient (Wildman–Crippen LogP) is 3.31. The zero-order chi connectivity index (χ0) is 19.1. The van der Waals surface area contributed by atoms with Crippen LogP contribution < -0.4 is 4.90 Å². The number of piperidine rings is 1. The number of hydrogen-bond acceptors (Lipinski definition) is 4. The number of halogens is 1. The molecular weight excluding hydrogens is 343 g/mol. The Hall–Kier alpha value is -2.50. The minimum Gasteiger partial charge on any atom is -0.355 e. The number of amides is 1. The van der Waals surface area contributed by atoms with Gasteiger partial charge >= 0.3 is 0 Å². The van der Waals surface area contributed by atoms with Crippen LogP contribution >= 0.6 is 0 Å². The lowest BCUT2D eigenvalue weighted by molar-refractivity contribution is -0.136. The van der Waals surface area contributed by atoms with Crippen LogP contribution in [-0.4, -0.2) is 47.0 Å². The Labute approximate surface area is 160 Å². The molecule has 6 heteroatoms. The van der Waals surface area contributed by atoms with E-state index in [-0.39, 0.29) is 17.6 Å². The van der Waals surface area contributed by atoms with Gasteiger partial charge in [-0.15, -0.1) is 0 Å². The second kappa shape index (κ2) is 9.44. The first-order chi connectivity index (χ1) is 13.2. The van der Waals surface area contributed by atoms with E-state index in [0.29, 0.717) is 13.0 Å². The molecule has 3 rings (SSSR count). The van der Waals surface area contributed by atoms with E-state index in [4.69, 9.17) is 0 Å². The second-order valence-corrected chi connectivity index (χ2v) is 7.03. The van der Waals surface area contributed by atoms with Crippen LogP contribution in [0.4, 0.5) is 10.2 Å². The predicted molar refractivity (Wildman–Crippen MR) is 104 cm³/mol. The van der Waals surface area contributed by atoms with Gasteiger partial charge in [0.05, 0.1) is 6.20 Å². The number of aromatic nitrogens is 2. The second-order valence-electron chi connectivity index (χ2n) is 7.03. The molecule has 1 aliphatic rings. The van der Waals surface area contributed by atoms with Gasteiger partial charge in [-0.2, -0.15) is 0 Å². The molecule has 0 atom stereocenters. The highest BCUT2D eigenvalue weighted by Crippen LogP contribution is 2.23. The monoisotopic (exact) mass is 370 g/mol. The summed E-state index contributed by atoms with van der Waals surface area (Å²) < 4.78 is 13.4. The van der Waals surface area contributed by atoms with E-state index < -0.39 is 0 Å². The smallest absolute Gasteiger partial charge is 0.225 e. The number of carbonyl (C=O) groups excluding carboxylic acids is 1. The molecule has 2 heterocycles. The third-order valence-corrected chi connectivity index (χ3v) is 5.08. The van der Waals surface area contributed by atoms with Crippen molar-refractivity contribution in [3.05, 3.63) is 54.2 Å². The highest BCUT2D eigenvalue weighted by molar-refractivity contribution is 5.79. The van der Waals surface area contributed by atoms with Crippen molar-refractivity contribution < 1.29 is 9.18 Å². The summed E-state index contributed by atoms with van der Waals surface area (Å²) in [7, 11) is 0. The fraction of sp³-hybridized carbons (Fsp3) is 0.476. The van der Waals surface area contributed by atoms with Crippen LogP contribution in [0.2, 0.25) is 0 Å². The summed E-state index contributed by atoms with van der Waals surface area (Å²) in [6.45, 7) is 5.11. The summed E-state index contributed by atoms with van der Waals surface area (Å²) in [6, 6.07) is 6.63. The van der Waals surface area contributed by atoms with Gasteiger partial charge in [-0.05, 0) is 43.4 Å². The summed E-state index contributed by atoms with van der Waals surface area (Å²) in [5, 5.41) is 0. The molecule has 144 valence electrons. The average molecular weight is 370 g/mol. The molecule has 1 saturated heterocycles. The van der Waals surface area contributed by atoms with Crippen molar-refractivity contribution >= 4 is 11.7 Å². The third-order valence-electron chi connectivity index (χ3n) is 5.08. The van der Waals surface area contributed by atoms with E-state index in [9.17, 15) is 9.18 Å². The Kier molecular flexibility index (Phi) is 6.74. The first kappa shape index (κ1) is 19.3. The normalized spacial score (nSPS) is 15.0. The zero-order valence-electron chi connectivity index (χ0n) is 15.9. The minimum absolute atomic E-state index is 0.0528. The van der Waals surface area contributed by atoms with E-state index in [1.807, 2.05) is 11.0 Å². The molecule has 5 nitrogen and oxygen atoms in total. The molecule has 1 aromatic carbocycles. The molecule has 2 aromatic rings. The maximum atomic E-state index is 13.4. The van der Waals surface area contributed by atoms with Crippen molar-refractivity contribution in [1.82, 2.24) is 14.9 Å². The van der Waals surface area contributed by atoms with Crippen LogP contribution in [0.5, 0.6) is 0 Å². The number of carbonyl (C=O) groups is 1. The molecule has 0 bridgehead atoms. The van der Waals surface area contributed by atoms with E-state index >= 15 is 0 Å². The number of anilines is 1. The van der Waals surface area contributed by atoms with Crippen LogP contribution in [0.15, 0.2) is 42.9 Å². The van der Waals surface area contributed by atoms with Crippen LogP contribution in [-0.2, 0) is 11.2 Å². The average Bonchev–Trinajstić information content (AvgIpc) is 2.71. The number of nitrogens with zero attached hydrogens (tertiary/aromatic N) is 4. The van der Waals surface area contributed by atoms with Gasteiger partial charge < -0.3 is 9.80 Å². The van der Waals surface area contributed by atoms with E-state index in [2.05, 4.69) is 21.8 Å². The maximum absolute atomic E-state index is 13.4. The minimum atomic E-state index is -0.225. The fourth-order valence-electron chi connectivity index (χ4n) is 3.63. The highest BCUT2D eigenvalue weighted by Gasteiger charge is 2.28. The molecule has 1 amide bonds. The molecule has 0 saturated carbocycles. The third kappa shape index (κ3) is 5.25. The summed E-state index contributed by atoms with van der Waals surface area (Å²) >= 11 is 0. The lowest BCUT2D eigenvalue weighted by Crippen LogP contribution is -2.43. The molecule has 0 spiro atoms. The van der Waals surface area contributed by atoms with Crippen molar-refractivity contribution in [2.45, 2.75) is 32.6 Å². The van der Waals surface area contributed by atoms with Gasteiger partial charge in [-0.3, -0.25) is 9.78 Å². The maximum Gasteiger partial charge on any atom is 0.225 e. The van der Waals surface area contributed by atoms with Gasteiger partial charge in [0.2, 0.25) is 5.91 Å². The number of benzene rings is 1. The molecule has 1 aliphatic heterocycles. The van der Waals surface area contributed by atoms with E-state index in [0.717, 1.165) is 50.3 Å². The first-order valence-corrected chi connectivity index (χ1v) is 9.71. The Morgan fingerprint density at radius 1 is 1.26 bits per heavy atom. The molecule has 0 radical (unpaired) electrons. The van der Waals surface area contributed by atoms with Crippen LogP contribution in [0.1, 0.15) is 31.7 Å². The first-order valence-electron chi connectivity index (χ1n) is 9.71. The van der Waals surface area contributed by atoms with Gasteiger partial charge in [0.15, 0.2) is 0 Å². The van der Waals surface area contributed by atoms with E-state index in [1.54, 1.807) is 30.7 Å². The van der Waals surface area contributed by atoms with Crippen molar-refractivity contribution in [2.75, 3.05) is 31.1 Å². The van der Waals surface area contributed by atoms with Crippen LogP contribution in [0.3, 0.4) is 0 Å². The Bertz CT molecular complexity index is 732. The topological polar surface area (TPSA) is 49.3 Å². The van der Waals surface area contributed by atoms with Gasteiger partial charge in [-0.1, -0.05) is 19.1 Å². The molecule has 1 fully saturated rings. The van der Waals surface area contributed by atoms with Gasteiger partial charge in [0.25, 0.3) is 0 Å². The Morgan fingerprint density at radius 2 is 2.07 bits per heavy atom. The lowest BCUT2D eigenvalue weighted by atomic mass is 9.95. The number of hydrogen-bond donors (Lipinski definition) is 0. The van der Waals surface area contributed by atoms with Crippen molar-refractivity contribution in [1.29, 1.82) is 0 Å². The van der Waals surface area contributed by atoms with Crippen molar-refractivity contribution in [2.24, 2.45) is 5.92 Å². The van der Waals surface area contributed by atoms with Gasteiger partial charge in [0, 0.05) is 44.5 Å². The highest BCUT2D eigenvalue weighted by atomic mass is 19.1. The zero-order valence-corrected chi connectivity index (χ0v) is 15.9. The van der Waals surface area contributed by atoms with Crippen LogP contribution in [0, 0.1) is 11.7 Å².